The zero-order valence-electron chi connectivity index (χ0n) is 11.2. The van der Waals surface area contributed by atoms with Crippen LogP contribution in [0.5, 0.6) is 0 Å². The third-order valence-electron chi connectivity index (χ3n) is 3.00. The van der Waals surface area contributed by atoms with Crippen molar-refractivity contribution in [3.8, 4) is 0 Å². The first-order valence-electron chi connectivity index (χ1n) is 6.22. The lowest BCUT2D eigenvalue weighted by molar-refractivity contribution is -0.116. The summed E-state index contributed by atoms with van der Waals surface area (Å²) in [5, 5.41) is 15.0. The van der Waals surface area contributed by atoms with E-state index >= 15 is 0 Å². The highest BCUT2D eigenvalue weighted by molar-refractivity contribution is 5.91. The topological polar surface area (TPSA) is 77.6 Å². The number of nitrogens with zero attached hydrogens (tertiary/aromatic N) is 5. The van der Waals surface area contributed by atoms with E-state index in [4.69, 9.17) is 0 Å². The fourth-order valence-corrected chi connectivity index (χ4v) is 2.08. The van der Waals surface area contributed by atoms with Gasteiger partial charge in [0.1, 0.15) is 12.1 Å². The number of nitrogens with one attached hydrogen (secondary N) is 1. The van der Waals surface area contributed by atoms with E-state index in [1.807, 2.05) is 38.2 Å². The highest BCUT2D eigenvalue weighted by Crippen LogP contribution is 2.13. The number of aryl methyl sites for hydroxylation is 2. The number of amides is 1. The number of carbonyl (C=O) groups excluding carboxylic acids is 1. The van der Waals surface area contributed by atoms with Crippen LogP contribution in [0, 0.1) is 6.92 Å². The molecule has 1 N–H and O–H groups in total. The minimum Gasteiger partial charge on any atom is -0.322 e. The molecule has 3 rings (SSSR count). The molecule has 3 aromatic rings. The van der Waals surface area contributed by atoms with Gasteiger partial charge in [-0.15, -0.1) is 5.10 Å². The molecule has 0 aliphatic heterocycles. The zero-order chi connectivity index (χ0) is 14.1. The number of para-hydroxylation sites is 1. The Morgan fingerprint density at radius 2 is 2.15 bits per heavy atom. The first-order chi connectivity index (χ1) is 9.63. The molecule has 0 bridgehead atoms. The van der Waals surface area contributed by atoms with Crippen molar-refractivity contribution in [1.82, 2.24) is 24.8 Å². The van der Waals surface area contributed by atoms with E-state index in [1.165, 1.54) is 0 Å². The van der Waals surface area contributed by atoms with Crippen LogP contribution in [0.15, 0.2) is 30.5 Å². The summed E-state index contributed by atoms with van der Waals surface area (Å²) >= 11 is 0. The number of rotatable bonds is 3. The number of carbonyl (C=O) groups is 1. The van der Waals surface area contributed by atoms with Gasteiger partial charge in [0, 0.05) is 13.2 Å². The number of aromatic nitrogens is 5. The van der Waals surface area contributed by atoms with E-state index in [-0.39, 0.29) is 12.5 Å². The van der Waals surface area contributed by atoms with Crippen molar-refractivity contribution < 1.29 is 4.79 Å². The lowest BCUT2D eigenvalue weighted by Crippen LogP contribution is -2.19. The quantitative estimate of drug-likeness (QED) is 0.773. The minimum atomic E-state index is -0.156. The Kier molecular flexibility index (Phi) is 2.94. The van der Waals surface area contributed by atoms with Gasteiger partial charge in [-0.2, -0.15) is 5.10 Å². The second-order valence-electron chi connectivity index (χ2n) is 4.59. The van der Waals surface area contributed by atoms with Crippen molar-refractivity contribution in [1.29, 1.82) is 0 Å². The Balaban J connectivity index is 1.77. The molecule has 1 amide bonds. The van der Waals surface area contributed by atoms with Crippen LogP contribution in [0.3, 0.4) is 0 Å². The Hall–Kier alpha value is -2.70. The Labute approximate surface area is 115 Å². The van der Waals surface area contributed by atoms with E-state index in [0.717, 1.165) is 16.7 Å². The van der Waals surface area contributed by atoms with Gasteiger partial charge in [-0.3, -0.25) is 9.48 Å². The van der Waals surface area contributed by atoms with Gasteiger partial charge in [0.15, 0.2) is 0 Å². The number of benzene rings is 1. The molecule has 0 saturated carbocycles. The van der Waals surface area contributed by atoms with Crippen LogP contribution in [0.4, 0.5) is 5.69 Å². The number of hydrogen-bond acceptors (Lipinski definition) is 4. The molecule has 20 heavy (non-hydrogen) atoms. The Morgan fingerprint density at radius 3 is 2.90 bits per heavy atom. The summed E-state index contributed by atoms with van der Waals surface area (Å²) in [7, 11) is 1.81. The molecule has 0 fully saturated rings. The van der Waals surface area contributed by atoms with Gasteiger partial charge in [0.25, 0.3) is 0 Å². The van der Waals surface area contributed by atoms with Gasteiger partial charge in [0.05, 0.1) is 16.9 Å². The normalized spacial score (nSPS) is 10.9. The van der Waals surface area contributed by atoms with Gasteiger partial charge < -0.3 is 5.32 Å². The van der Waals surface area contributed by atoms with Crippen LogP contribution in [0.2, 0.25) is 0 Å². The molecule has 2 heterocycles. The van der Waals surface area contributed by atoms with Gasteiger partial charge in [-0.05, 0) is 19.1 Å². The van der Waals surface area contributed by atoms with Crippen LogP contribution in [0.1, 0.15) is 5.69 Å². The molecule has 0 radical (unpaired) electrons. The highest BCUT2D eigenvalue weighted by Gasteiger charge is 2.11. The van der Waals surface area contributed by atoms with Crippen molar-refractivity contribution in [2.24, 2.45) is 7.05 Å². The molecular weight excluding hydrogens is 256 g/mol. The zero-order valence-corrected chi connectivity index (χ0v) is 11.2. The molecule has 0 spiro atoms. The van der Waals surface area contributed by atoms with Crippen molar-refractivity contribution >= 4 is 22.6 Å². The average Bonchev–Trinajstić information content (AvgIpc) is 2.94. The largest absolute Gasteiger partial charge is 0.322 e. The van der Waals surface area contributed by atoms with E-state index in [0.29, 0.717) is 5.69 Å². The second-order valence-corrected chi connectivity index (χ2v) is 4.59. The lowest BCUT2D eigenvalue weighted by Gasteiger charge is -2.04. The summed E-state index contributed by atoms with van der Waals surface area (Å²) < 4.78 is 3.24. The van der Waals surface area contributed by atoms with Crippen molar-refractivity contribution in [3.63, 3.8) is 0 Å². The Bertz CT molecular complexity index is 772. The maximum atomic E-state index is 12.0. The standard InChI is InChI=1S/C13H14N6O/c1-9-11(7-18(2)16-9)14-13(20)8-19-12-6-4-3-5-10(12)15-17-19/h3-7H,8H2,1-2H3,(H,14,20). The molecule has 0 aliphatic carbocycles. The summed E-state index contributed by atoms with van der Waals surface area (Å²) in [4.78, 5) is 12.0. The number of hydrogen-bond donors (Lipinski definition) is 1. The van der Waals surface area contributed by atoms with Gasteiger partial charge >= 0.3 is 0 Å². The maximum Gasteiger partial charge on any atom is 0.246 e. The lowest BCUT2D eigenvalue weighted by atomic mass is 10.3. The average molecular weight is 270 g/mol. The highest BCUT2D eigenvalue weighted by atomic mass is 16.2. The van der Waals surface area contributed by atoms with Gasteiger partial charge in [-0.25, -0.2) is 4.68 Å². The van der Waals surface area contributed by atoms with E-state index in [2.05, 4.69) is 20.7 Å². The summed E-state index contributed by atoms with van der Waals surface area (Å²) in [5.41, 5.74) is 3.11. The molecule has 2 aromatic heterocycles. The molecule has 0 saturated heterocycles. The second kappa shape index (κ2) is 4.76. The minimum absolute atomic E-state index is 0.120. The van der Waals surface area contributed by atoms with Crippen molar-refractivity contribution in [2.45, 2.75) is 13.5 Å². The third-order valence-corrected chi connectivity index (χ3v) is 3.00. The van der Waals surface area contributed by atoms with Crippen molar-refractivity contribution in [2.75, 3.05) is 5.32 Å². The van der Waals surface area contributed by atoms with E-state index in [9.17, 15) is 4.79 Å². The first-order valence-corrected chi connectivity index (χ1v) is 6.22. The monoisotopic (exact) mass is 270 g/mol. The molecular formula is C13H14N6O. The first kappa shape index (κ1) is 12.3. The fraction of sp³-hybridized carbons (Fsp3) is 0.231. The van der Waals surface area contributed by atoms with Crippen LogP contribution in [-0.4, -0.2) is 30.7 Å². The number of anilines is 1. The van der Waals surface area contributed by atoms with E-state index in [1.54, 1.807) is 15.6 Å². The maximum absolute atomic E-state index is 12.0. The van der Waals surface area contributed by atoms with Gasteiger partial charge in [-0.1, -0.05) is 17.3 Å². The predicted molar refractivity (Wildman–Crippen MR) is 74.1 cm³/mol. The van der Waals surface area contributed by atoms with Crippen molar-refractivity contribution in [3.05, 3.63) is 36.2 Å². The van der Waals surface area contributed by atoms with Crippen LogP contribution in [-0.2, 0) is 18.4 Å². The molecule has 7 nitrogen and oxygen atoms in total. The summed E-state index contributed by atoms with van der Waals surface area (Å²) in [6, 6.07) is 7.53. The summed E-state index contributed by atoms with van der Waals surface area (Å²) in [6.07, 6.45) is 1.77. The summed E-state index contributed by atoms with van der Waals surface area (Å²) in [5.74, 6) is -0.156. The van der Waals surface area contributed by atoms with Crippen LogP contribution < -0.4 is 5.32 Å². The fourth-order valence-electron chi connectivity index (χ4n) is 2.08. The molecule has 0 aliphatic rings. The molecule has 0 atom stereocenters. The molecule has 102 valence electrons. The Morgan fingerprint density at radius 1 is 1.35 bits per heavy atom. The molecule has 7 heteroatoms. The van der Waals surface area contributed by atoms with Crippen LogP contribution >= 0.6 is 0 Å². The number of fused-ring (bicyclic) bond motifs is 1. The molecule has 1 aromatic carbocycles. The molecule has 0 unspecified atom stereocenters. The van der Waals surface area contributed by atoms with E-state index < -0.39 is 0 Å². The smallest absolute Gasteiger partial charge is 0.246 e. The third kappa shape index (κ3) is 2.25. The van der Waals surface area contributed by atoms with Crippen LogP contribution in [0.25, 0.3) is 11.0 Å². The summed E-state index contributed by atoms with van der Waals surface area (Å²) in [6.45, 7) is 1.97. The predicted octanol–water partition coefficient (Wildman–Crippen LogP) is 1.11. The SMILES string of the molecule is Cc1nn(C)cc1NC(=O)Cn1nnc2ccccc21. The van der Waals surface area contributed by atoms with Gasteiger partial charge in [0.2, 0.25) is 5.91 Å².